The van der Waals surface area contributed by atoms with Crippen molar-refractivity contribution in [2.24, 2.45) is 0 Å². The summed E-state index contributed by atoms with van der Waals surface area (Å²) in [5.41, 5.74) is 4.26. The first-order valence-electron chi connectivity index (χ1n) is 8.50. The van der Waals surface area contributed by atoms with Gasteiger partial charge in [0.1, 0.15) is 5.69 Å². The van der Waals surface area contributed by atoms with Crippen molar-refractivity contribution < 1.29 is 4.79 Å². The van der Waals surface area contributed by atoms with E-state index < -0.39 is 0 Å². The monoisotopic (exact) mass is 352 g/mol. The fourth-order valence-electron chi connectivity index (χ4n) is 2.64. The van der Waals surface area contributed by atoms with Crippen LogP contribution in [-0.2, 0) is 0 Å². The molecule has 0 saturated carbocycles. The first-order valence-corrected chi connectivity index (χ1v) is 8.50. The number of benzene rings is 2. The SMILES string of the molecule is O=C(Nc1cccc(C=Cc2ccccn2)c1)c1cnc2ccccc2n1. The second-order valence-corrected chi connectivity index (χ2v) is 5.91. The minimum absolute atomic E-state index is 0.281. The normalized spacial score (nSPS) is 11.0. The van der Waals surface area contributed by atoms with Crippen molar-refractivity contribution in [3.63, 3.8) is 0 Å². The Bertz CT molecular complexity index is 1120. The second kappa shape index (κ2) is 7.58. The Kier molecular flexibility index (Phi) is 4.66. The molecule has 5 nitrogen and oxygen atoms in total. The molecule has 0 radical (unpaired) electrons. The average Bonchev–Trinajstić information content (AvgIpc) is 2.73. The van der Waals surface area contributed by atoms with Gasteiger partial charge < -0.3 is 5.32 Å². The van der Waals surface area contributed by atoms with Gasteiger partial charge in [-0.15, -0.1) is 0 Å². The fraction of sp³-hybridized carbons (Fsp3) is 0. The van der Waals surface area contributed by atoms with Crippen LogP contribution < -0.4 is 5.32 Å². The minimum atomic E-state index is -0.292. The molecule has 4 rings (SSSR count). The van der Waals surface area contributed by atoms with Crippen molar-refractivity contribution >= 4 is 34.8 Å². The minimum Gasteiger partial charge on any atom is -0.321 e. The highest BCUT2D eigenvalue weighted by molar-refractivity contribution is 6.03. The molecule has 2 aromatic heterocycles. The summed E-state index contributed by atoms with van der Waals surface area (Å²) in [6.45, 7) is 0. The molecular weight excluding hydrogens is 336 g/mol. The molecule has 0 aliphatic rings. The molecule has 0 atom stereocenters. The highest BCUT2D eigenvalue weighted by atomic mass is 16.1. The standard InChI is InChI=1S/C22H16N4O/c27-22(21-15-24-19-9-1-2-10-20(19)26-21)25-18-8-5-6-16(14-18)11-12-17-7-3-4-13-23-17/h1-15H,(H,25,27). The maximum absolute atomic E-state index is 12.5. The Morgan fingerprint density at radius 1 is 0.852 bits per heavy atom. The van der Waals surface area contributed by atoms with Crippen LogP contribution in [0.15, 0.2) is 79.1 Å². The molecule has 1 N–H and O–H groups in total. The summed E-state index contributed by atoms with van der Waals surface area (Å²) in [6.07, 6.45) is 7.12. The third kappa shape index (κ3) is 4.04. The molecular formula is C22H16N4O. The van der Waals surface area contributed by atoms with Crippen molar-refractivity contribution in [3.8, 4) is 0 Å². The maximum atomic E-state index is 12.5. The van der Waals surface area contributed by atoms with Crippen molar-refractivity contribution in [2.45, 2.75) is 0 Å². The van der Waals surface area contributed by atoms with Crippen LogP contribution in [0.25, 0.3) is 23.2 Å². The summed E-state index contributed by atoms with van der Waals surface area (Å²) in [5, 5.41) is 2.87. The van der Waals surface area contributed by atoms with Gasteiger partial charge in [-0.2, -0.15) is 0 Å². The maximum Gasteiger partial charge on any atom is 0.275 e. The Labute approximate surface area is 156 Å². The molecule has 0 bridgehead atoms. The molecule has 2 heterocycles. The van der Waals surface area contributed by atoms with Crippen LogP contribution in [0, 0.1) is 0 Å². The molecule has 0 saturated heterocycles. The summed E-state index contributed by atoms with van der Waals surface area (Å²) < 4.78 is 0. The zero-order valence-corrected chi connectivity index (χ0v) is 14.4. The molecule has 2 aromatic carbocycles. The summed E-state index contributed by atoms with van der Waals surface area (Å²) in [6, 6.07) is 20.8. The van der Waals surface area contributed by atoms with E-state index in [0.717, 1.165) is 16.8 Å². The highest BCUT2D eigenvalue weighted by Gasteiger charge is 2.09. The summed E-state index contributed by atoms with van der Waals surface area (Å²) in [4.78, 5) is 25.4. The fourth-order valence-corrected chi connectivity index (χ4v) is 2.64. The van der Waals surface area contributed by atoms with E-state index in [9.17, 15) is 4.79 Å². The highest BCUT2D eigenvalue weighted by Crippen LogP contribution is 2.15. The zero-order chi connectivity index (χ0) is 18.5. The summed E-state index contributed by atoms with van der Waals surface area (Å²) in [5.74, 6) is -0.292. The van der Waals surface area contributed by atoms with Crippen molar-refractivity contribution in [3.05, 3.63) is 96.1 Å². The van der Waals surface area contributed by atoms with Crippen LogP contribution in [0.2, 0.25) is 0 Å². The summed E-state index contributed by atoms with van der Waals surface area (Å²) in [7, 11) is 0. The number of pyridine rings is 1. The smallest absolute Gasteiger partial charge is 0.275 e. The number of fused-ring (bicyclic) bond motifs is 1. The van der Waals surface area contributed by atoms with E-state index in [1.54, 1.807) is 6.20 Å². The van der Waals surface area contributed by atoms with Gasteiger partial charge in [-0.05, 0) is 48.0 Å². The van der Waals surface area contributed by atoms with Crippen LogP contribution in [0.5, 0.6) is 0 Å². The predicted octanol–water partition coefficient (Wildman–Crippen LogP) is 4.45. The number of hydrogen-bond donors (Lipinski definition) is 1. The second-order valence-electron chi connectivity index (χ2n) is 5.91. The molecule has 0 aliphatic heterocycles. The molecule has 130 valence electrons. The van der Waals surface area contributed by atoms with E-state index in [1.807, 2.05) is 78.9 Å². The van der Waals surface area contributed by atoms with Gasteiger partial charge in [-0.1, -0.05) is 36.4 Å². The van der Waals surface area contributed by atoms with E-state index in [-0.39, 0.29) is 11.6 Å². The molecule has 0 unspecified atom stereocenters. The molecule has 4 aromatic rings. The van der Waals surface area contributed by atoms with Crippen molar-refractivity contribution in [1.82, 2.24) is 15.0 Å². The van der Waals surface area contributed by atoms with Gasteiger partial charge in [-0.25, -0.2) is 4.98 Å². The Hall–Kier alpha value is -3.86. The largest absolute Gasteiger partial charge is 0.321 e. The average molecular weight is 352 g/mol. The van der Waals surface area contributed by atoms with Gasteiger partial charge in [0.25, 0.3) is 5.91 Å². The topological polar surface area (TPSA) is 67.8 Å². The number of rotatable bonds is 4. The number of anilines is 1. The van der Waals surface area contributed by atoms with Crippen molar-refractivity contribution in [1.29, 1.82) is 0 Å². The van der Waals surface area contributed by atoms with E-state index >= 15 is 0 Å². The van der Waals surface area contributed by atoms with Crippen LogP contribution >= 0.6 is 0 Å². The number of hydrogen-bond acceptors (Lipinski definition) is 4. The van der Waals surface area contributed by atoms with Gasteiger partial charge in [0.15, 0.2) is 0 Å². The number of carbonyl (C=O) groups is 1. The lowest BCUT2D eigenvalue weighted by molar-refractivity contribution is 0.102. The Morgan fingerprint density at radius 2 is 1.70 bits per heavy atom. The Balaban J connectivity index is 1.51. The van der Waals surface area contributed by atoms with E-state index in [1.165, 1.54) is 6.20 Å². The predicted molar refractivity (Wildman–Crippen MR) is 107 cm³/mol. The molecule has 0 fully saturated rings. The molecule has 1 amide bonds. The van der Waals surface area contributed by atoms with E-state index in [0.29, 0.717) is 11.2 Å². The van der Waals surface area contributed by atoms with Gasteiger partial charge in [0.05, 0.1) is 22.9 Å². The number of amides is 1. The lowest BCUT2D eigenvalue weighted by Gasteiger charge is -2.06. The van der Waals surface area contributed by atoms with Crippen LogP contribution in [0.3, 0.4) is 0 Å². The van der Waals surface area contributed by atoms with Gasteiger partial charge in [0, 0.05) is 11.9 Å². The quantitative estimate of drug-likeness (QED) is 0.589. The van der Waals surface area contributed by atoms with Crippen LogP contribution in [0.1, 0.15) is 21.7 Å². The van der Waals surface area contributed by atoms with Crippen LogP contribution in [0.4, 0.5) is 5.69 Å². The number of nitrogens with one attached hydrogen (secondary N) is 1. The van der Waals surface area contributed by atoms with Gasteiger partial charge >= 0.3 is 0 Å². The lowest BCUT2D eigenvalue weighted by Crippen LogP contribution is -2.14. The van der Waals surface area contributed by atoms with E-state index in [2.05, 4.69) is 20.3 Å². The molecule has 0 aliphatic carbocycles. The molecule has 0 spiro atoms. The number of carbonyl (C=O) groups excluding carboxylic acids is 1. The van der Waals surface area contributed by atoms with Crippen LogP contribution in [-0.4, -0.2) is 20.9 Å². The Morgan fingerprint density at radius 3 is 2.56 bits per heavy atom. The zero-order valence-electron chi connectivity index (χ0n) is 14.4. The first kappa shape index (κ1) is 16.6. The van der Waals surface area contributed by atoms with Gasteiger partial charge in [0.2, 0.25) is 0 Å². The number of aromatic nitrogens is 3. The lowest BCUT2D eigenvalue weighted by atomic mass is 10.1. The molecule has 27 heavy (non-hydrogen) atoms. The third-order valence-corrected chi connectivity index (χ3v) is 3.96. The number of nitrogens with zero attached hydrogens (tertiary/aromatic N) is 3. The molecule has 5 heteroatoms. The van der Waals surface area contributed by atoms with Crippen molar-refractivity contribution in [2.75, 3.05) is 5.32 Å². The van der Waals surface area contributed by atoms with E-state index in [4.69, 9.17) is 0 Å². The first-order chi connectivity index (χ1) is 13.3. The third-order valence-electron chi connectivity index (χ3n) is 3.96. The number of para-hydroxylation sites is 2. The van der Waals surface area contributed by atoms with Gasteiger partial charge in [-0.3, -0.25) is 14.8 Å². The summed E-state index contributed by atoms with van der Waals surface area (Å²) >= 11 is 0.